The van der Waals surface area contributed by atoms with Gasteiger partial charge in [0.05, 0.1) is 18.3 Å². The molecule has 126 valence electrons. The molecule has 2 aliphatic heterocycles. The van der Waals surface area contributed by atoms with Crippen LogP contribution in [0.2, 0.25) is 0 Å². The van der Waals surface area contributed by atoms with Crippen LogP contribution < -0.4 is 5.73 Å². The minimum Gasteiger partial charge on any atom is -0.449 e. The number of carbonyl (C=O) groups excluding carboxylic acids is 1. The highest BCUT2D eigenvalue weighted by atomic mass is 19.1. The fourth-order valence-corrected chi connectivity index (χ4v) is 3.42. The number of nitrogens with two attached hydrogens (primary N) is 1. The standard InChI is InChI=1S/C17H24FN3O2/c1-2-3-10-23-17(22)21-9-8-20-7-6-13-12(15(20)11-21)4-5-14(19)16(13)18/h4-5,15H,2-3,6-11,19H2,1H3/t15-/m0/s1. The quantitative estimate of drug-likeness (QED) is 0.686. The zero-order chi connectivity index (χ0) is 16.4. The van der Waals surface area contributed by atoms with Crippen LogP contribution in [0.3, 0.4) is 0 Å². The van der Waals surface area contributed by atoms with Gasteiger partial charge in [0.1, 0.15) is 5.82 Å². The third-order valence-corrected chi connectivity index (χ3v) is 4.79. The van der Waals surface area contributed by atoms with Crippen molar-refractivity contribution in [3.8, 4) is 0 Å². The highest BCUT2D eigenvalue weighted by Crippen LogP contribution is 2.35. The van der Waals surface area contributed by atoms with Gasteiger partial charge in [-0.05, 0) is 30.0 Å². The number of nitrogens with zero attached hydrogens (tertiary/aromatic N) is 2. The van der Waals surface area contributed by atoms with Crippen LogP contribution >= 0.6 is 0 Å². The van der Waals surface area contributed by atoms with Crippen LogP contribution in [0.4, 0.5) is 14.9 Å². The number of rotatable bonds is 3. The lowest BCUT2D eigenvalue weighted by Gasteiger charge is -2.44. The smallest absolute Gasteiger partial charge is 0.409 e. The fourth-order valence-electron chi connectivity index (χ4n) is 3.42. The summed E-state index contributed by atoms with van der Waals surface area (Å²) in [5.74, 6) is -0.301. The van der Waals surface area contributed by atoms with Crippen molar-refractivity contribution in [2.24, 2.45) is 0 Å². The monoisotopic (exact) mass is 321 g/mol. The molecule has 1 saturated heterocycles. The maximum atomic E-state index is 14.3. The lowest BCUT2D eigenvalue weighted by Crippen LogP contribution is -2.52. The summed E-state index contributed by atoms with van der Waals surface area (Å²) < 4.78 is 19.6. The Morgan fingerprint density at radius 1 is 1.39 bits per heavy atom. The molecule has 6 heteroatoms. The lowest BCUT2D eigenvalue weighted by atomic mass is 9.90. The fraction of sp³-hybridized carbons (Fsp3) is 0.588. The summed E-state index contributed by atoms with van der Waals surface area (Å²) in [5.41, 5.74) is 7.53. The van der Waals surface area contributed by atoms with Crippen LogP contribution in [0.1, 0.15) is 36.9 Å². The molecule has 2 aliphatic rings. The summed E-state index contributed by atoms with van der Waals surface area (Å²) in [7, 11) is 0. The molecule has 0 aliphatic carbocycles. The molecule has 0 bridgehead atoms. The maximum absolute atomic E-state index is 14.3. The SMILES string of the molecule is CCCCOC(=O)N1CCN2CCc3c(ccc(N)c3F)[C@@H]2C1. The Kier molecular flexibility index (Phi) is 4.71. The van der Waals surface area contributed by atoms with E-state index in [0.717, 1.165) is 31.5 Å². The van der Waals surface area contributed by atoms with Gasteiger partial charge >= 0.3 is 6.09 Å². The number of anilines is 1. The van der Waals surface area contributed by atoms with E-state index in [2.05, 4.69) is 11.8 Å². The van der Waals surface area contributed by atoms with Crippen molar-refractivity contribution < 1.29 is 13.9 Å². The third kappa shape index (κ3) is 3.13. The van der Waals surface area contributed by atoms with Gasteiger partial charge in [0.25, 0.3) is 0 Å². The molecule has 0 spiro atoms. The highest BCUT2D eigenvalue weighted by molar-refractivity contribution is 5.68. The Morgan fingerprint density at radius 3 is 3.00 bits per heavy atom. The average Bonchev–Trinajstić information content (AvgIpc) is 2.57. The van der Waals surface area contributed by atoms with Gasteiger partial charge in [-0.1, -0.05) is 19.4 Å². The van der Waals surface area contributed by atoms with Gasteiger partial charge in [-0.2, -0.15) is 0 Å². The normalized spacial score (nSPS) is 20.8. The Balaban J connectivity index is 1.74. The molecule has 0 aromatic heterocycles. The molecule has 2 N–H and O–H groups in total. The second-order valence-corrected chi connectivity index (χ2v) is 6.25. The van der Waals surface area contributed by atoms with Crippen LogP contribution in [0.5, 0.6) is 0 Å². The van der Waals surface area contributed by atoms with Crippen molar-refractivity contribution in [2.75, 3.05) is 38.5 Å². The van der Waals surface area contributed by atoms with Gasteiger partial charge in [-0.25, -0.2) is 9.18 Å². The first-order valence-corrected chi connectivity index (χ1v) is 8.34. The molecule has 1 amide bonds. The second kappa shape index (κ2) is 6.74. The van der Waals surface area contributed by atoms with E-state index in [9.17, 15) is 9.18 Å². The Labute approximate surface area is 136 Å². The van der Waals surface area contributed by atoms with Gasteiger partial charge in [0.15, 0.2) is 0 Å². The number of unbranched alkanes of at least 4 members (excludes halogenated alkanes) is 1. The summed E-state index contributed by atoms with van der Waals surface area (Å²) in [6.45, 7) is 5.32. The minimum atomic E-state index is -0.301. The van der Waals surface area contributed by atoms with E-state index in [0.29, 0.717) is 31.7 Å². The van der Waals surface area contributed by atoms with Crippen LogP contribution in [0.15, 0.2) is 12.1 Å². The van der Waals surface area contributed by atoms with Crippen molar-refractivity contribution >= 4 is 11.8 Å². The molecule has 1 aromatic rings. The summed E-state index contributed by atoms with van der Waals surface area (Å²) in [6, 6.07) is 3.55. The molecule has 1 atom stereocenters. The van der Waals surface area contributed by atoms with E-state index < -0.39 is 0 Å². The first kappa shape index (κ1) is 16.1. The van der Waals surface area contributed by atoms with E-state index in [-0.39, 0.29) is 23.6 Å². The summed E-state index contributed by atoms with van der Waals surface area (Å²) in [4.78, 5) is 16.2. The third-order valence-electron chi connectivity index (χ3n) is 4.79. The van der Waals surface area contributed by atoms with Crippen LogP contribution in [0.25, 0.3) is 0 Å². The number of amides is 1. The van der Waals surface area contributed by atoms with Gasteiger partial charge in [-0.3, -0.25) is 4.90 Å². The van der Waals surface area contributed by atoms with E-state index in [1.165, 1.54) is 0 Å². The van der Waals surface area contributed by atoms with Gasteiger partial charge < -0.3 is 15.4 Å². The molecular weight excluding hydrogens is 297 g/mol. The molecule has 3 rings (SSSR count). The first-order chi connectivity index (χ1) is 11.1. The van der Waals surface area contributed by atoms with Crippen molar-refractivity contribution in [1.29, 1.82) is 0 Å². The Morgan fingerprint density at radius 2 is 2.22 bits per heavy atom. The molecule has 0 unspecified atom stereocenters. The number of carbonyl (C=O) groups is 1. The van der Waals surface area contributed by atoms with E-state index in [1.807, 2.05) is 6.07 Å². The van der Waals surface area contributed by atoms with Crippen molar-refractivity contribution in [2.45, 2.75) is 32.2 Å². The first-order valence-electron chi connectivity index (χ1n) is 8.34. The molecule has 0 saturated carbocycles. The number of benzene rings is 1. The molecule has 5 nitrogen and oxygen atoms in total. The molecule has 2 heterocycles. The predicted octanol–water partition coefficient (Wildman–Crippen LogP) is 2.56. The second-order valence-electron chi connectivity index (χ2n) is 6.25. The Hall–Kier alpha value is -1.82. The van der Waals surface area contributed by atoms with Gasteiger partial charge in [-0.15, -0.1) is 0 Å². The van der Waals surface area contributed by atoms with Crippen molar-refractivity contribution in [3.05, 3.63) is 29.1 Å². The molecule has 1 aromatic carbocycles. The highest BCUT2D eigenvalue weighted by Gasteiger charge is 2.36. The van der Waals surface area contributed by atoms with Gasteiger partial charge in [0, 0.05) is 26.2 Å². The predicted molar refractivity (Wildman–Crippen MR) is 86.7 cm³/mol. The van der Waals surface area contributed by atoms with Gasteiger partial charge in [0.2, 0.25) is 0 Å². The summed E-state index contributed by atoms with van der Waals surface area (Å²) in [5, 5.41) is 0. The van der Waals surface area contributed by atoms with E-state index in [4.69, 9.17) is 10.5 Å². The molecular formula is C17H24FN3O2. The largest absolute Gasteiger partial charge is 0.449 e. The molecule has 1 fully saturated rings. The van der Waals surface area contributed by atoms with Crippen LogP contribution in [-0.2, 0) is 11.2 Å². The number of piperazine rings is 1. The van der Waals surface area contributed by atoms with E-state index in [1.54, 1.807) is 11.0 Å². The van der Waals surface area contributed by atoms with Crippen LogP contribution in [0, 0.1) is 5.82 Å². The van der Waals surface area contributed by atoms with E-state index >= 15 is 0 Å². The summed E-state index contributed by atoms with van der Waals surface area (Å²) in [6.07, 6.45) is 2.28. The number of hydrogen-bond donors (Lipinski definition) is 1. The number of ether oxygens (including phenoxy) is 1. The number of nitrogen functional groups attached to an aromatic ring is 1. The van der Waals surface area contributed by atoms with Crippen molar-refractivity contribution in [3.63, 3.8) is 0 Å². The molecule has 0 radical (unpaired) electrons. The lowest BCUT2D eigenvalue weighted by molar-refractivity contribution is 0.0454. The Bertz CT molecular complexity index is 593. The zero-order valence-electron chi connectivity index (χ0n) is 13.6. The minimum absolute atomic E-state index is 0.0290. The number of hydrogen-bond acceptors (Lipinski definition) is 4. The average molecular weight is 321 g/mol. The number of halogens is 1. The van der Waals surface area contributed by atoms with Crippen molar-refractivity contribution in [1.82, 2.24) is 9.80 Å². The zero-order valence-corrected chi connectivity index (χ0v) is 13.6. The summed E-state index contributed by atoms with van der Waals surface area (Å²) >= 11 is 0. The molecule has 23 heavy (non-hydrogen) atoms. The van der Waals surface area contributed by atoms with Crippen LogP contribution in [-0.4, -0.2) is 48.7 Å². The number of fused-ring (bicyclic) bond motifs is 3. The maximum Gasteiger partial charge on any atom is 0.409 e. The topological polar surface area (TPSA) is 58.8 Å².